The summed E-state index contributed by atoms with van der Waals surface area (Å²) in [6.07, 6.45) is 1.78. The highest BCUT2D eigenvalue weighted by Crippen LogP contribution is 2.21. The molecule has 0 aliphatic heterocycles. The lowest BCUT2D eigenvalue weighted by Crippen LogP contribution is -2.08. The van der Waals surface area contributed by atoms with E-state index in [0.29, 0.717) is 6.54 Å². The molecule has 0 saturated carbocycles. The first kappa shape index (κ1) is 12.7. The predicted octanol–water partition coefficient (Wildman–Crippen LogP) is 2.59. The summed E-state index contributed by atoms with van der Waals surface area (Å²) >= 11 is 0. The van der Waals surface area contributed by atoms with Crippen molar-refractivity contribution in [3.05, 3.63) is 60.2 Å². The standard InChI is InChI=1S/C16H14N6/c1-11-20-21-15-13-7-2-3-8-14(13)19-16(22(11)15)18-10-12-6-4-5-9-17-12/h2-9H,10H2,1H3,(H,18,19). The third-order valence-electron chi connectivity index (χ3n) is 3.56. The summed E-state index contributed by atoms with van der Waals surface area (Å²) in [4.78, 5) is 9.01. The van der Waals surface area contributed by atoms with Crippen LogP contribution in [-0.4, -0.2) is 24.6 Å². The van der Waals surface area contributed by atoms with Crippen LogP contribution in [0.5, 0.6) is 0 Å². The molecule has 0 amide bonds. The Kier molecular flexibility index (Phi) is 2.93. The highest BCUT2D eigenvalue weighted by atomic mass is 15.3. The zero-order chi connectivity index (χ0) is 14.9. The molecular weight excluding hydrogens is 276 g/mol. The Morgan fingerprint density at radius 2 is 1.91 bits per heavy atom. The number of hydrogen-bond acceptors (Lipinski definition) is 5. The van der Waals surface area contributed by atoms with Crippen molar-refractivity contribution < 1.29 is 0 Å². The molecule has 3 heterocycles. The van der Waals surface area contributed by atoms with Crippen molar-refractivity contribution in [2.45, 2.75) is 13.5 Å². The fourth-order valence-corrected chi connectivity index (χ4v) is 2.51. The topological polar surface area (TPSA) is 68.0 Å². The van der Waals surface area contributed by atoms with Gasteiger partial charge in [0.2, 0.25) is 5.95 Å². The van der Waals surface area contributed by atoms with Gasteiger partial charge in [-0.25, -0.2) is 9.38 Å². The van der Waals surface area contributed by atoms with Crippen molar-refractivity contribution >= 4 is 22.5 Å². The highest BCUT2D eigenvalue weighted by molar-refractivity contribution is 5.92. The summed E-state index contributed by atoms with van der Waals surface area (Å²) in [5.41, 5.74) is 2.66. The van der Waals surface area contributed by atoms with Gasteiger partial charge in [0.15, 0.2) is 5.65 Å². The second-order valence-corrected chi connectivity index (χ2v) is 5.03. The van der Waals surface area contributed by atoms with Gasteiger partial charge in [-0.2, -0.15) is 0 Å². The molecule has 0 atom stereocenters. The lowest BCUT2D eigenvalue weighted by atomic mass is 10.2. The Hall–Kier alpha value is -3.02. The van der Waals surface area contributed by atoms with E-state index in [4.69, 9.17) is 4.98 Å². The van der Waals surface area contributed by atoms with Gasteiger partial charge in [-0.05, 0) is 31.2 Å². The zero-order valence-electron chi connectivity index (χ0n) is 12.1. The maximum absolute atomic E-state index is 4.70. The summed E-state index contributed by atoms with van der Waals surface area (Å²) < 4.78 is 1.94. The molecule has 3 aromatic heterocycles. The van der Waals surface area contributed by atoms with E-state index >= 15 is 0 Å². The Labute approximate surface area is 126 Å². The number of rotatable bonds is 3. The highest BCUT2D eigenvalue weighted by Gasteiger charge is 2.12. The molecule has 0 fully saturated rings. The molecule has 0 bridgehead atoms. The summed E-state index contributed by atoms with van der Waals surface area (Å²) in [5, 5.41) is 12.8. The molecule has 0 saturated heterocycles. The summed E-state index contributed by atoms with van der Waals surface area (Å²) in [7, 11) is 0. The molecule has 6 heteroatoms. The van der Waals surface area contributed by atoms with Gasteiger partial charge in [0.05, 0.1) is 17.8 Å². The smallest absolute Gasteiger partial charge is 0.211 e. The van der Waals surface area contributed by atoms with Crippen LogP contribution in [0.15, 0.2) is 48.7 Å². The predicted molar refractivity (Wildman–Crippen MR) is 84.6 cm³/mol. The first-order chi connectivity index (χ1) is 10.8. The zero-order valence-corrected chi connectivity index (χ0v) is 12.1. The summed E-state index contributed by atoms with van der Waals surface area (Å²) in [5.74, 6) is 1.53. The van der Waals surface area contributed by atoms with E-state index in [1.165, 1.54) is 0 Å². The van der Waals surface area contributed by atoms with Gasteiger partial charge in [0, 0.05) is 11.6 Å². The van der Waals surface area contributed by atoms with Crippen LogP contribution in [0.25, 0.3) is 16.6 Å². The van der Waals surface area contributed by atoms with Crippen LogP contribution in [-0.2, 0) is 6.54 Å². The van der Waals surface area contributed by atoms with E-state index < -0.39 is 0 Å². The van der Waals surface area contributed by atoms with Crippen LogP contribution in [0, 0.1) is 6.92 Å². The molecule has 0 spiro atoms. The van der Waals surface area contributed by atoms with Crippen LogP contribution in [0.2, 0.25) is 0 Å². The van der Waals surface area contributed by atoms with Crippen LogP contribution >= 0.6 is 0 Å². The van der Waals surface area contributed by atoms with Crippen LogP contribution in [0.1, 0.15) is 11.5 Å². The van der Waals surface area contributed by atoms with Crippen molar-refractivity contribution in [2.75, 3.05) is 5.32 Å². The van der Waals surface area contributed by atoms with Crippen molar-refractivity contribution in [1.29, 1.82) is 0 Å². The number of nitrogens with one attached hydrogen (secondary N) is 1. The molecule has 1 aromatic carbocycles. The molecule has 4 aromatic rings. The van der Waals surface area contributed by atoms with Gasteiger partial charge in [-0.1, -0.05) is 18.2 Å². The molecule has 22 heavy (non-hydrogen) atoms. The number of fused-ring (bicyclic) bond motifs is 3. The minimum atomic E-state index is 0.596. The average molecular weight is 290 g/mol. The fourth-order valence-electron chi connectivity index (χ4n) is 2.51. The number of pyridine rings is 1. The summed E-state index contributed by atoms with van der Waals surface area (Å²) in [6.45, 7) is 2.52. The molecule has 1 N–H and O–H groups in total. The number of benzene rings is 1. The number of aromatic nitrogens is 5. The number of para-hydroxylation sites is 1. The molecule has 4 rings (SSSR count). The molecule has 0 unspecified atom stereocenters. The molecule has 6 nitrogen and oxygen atoms in total. The normalized spacial score (nSPS) is 11.1. The van der Waals surface area contributed by atoms with Gasteiger partial charge in [0.1, 0.15) is 5.82 Å². The largest absolute Gasteiger partial charge is 0.350 e. The lowest BCUT2D eigenvalue weighted by molar-refractivity contribution is 0.953. The third-order valence-corrected chi connectivity index (χ3v) is 3.56. The average Bonchev–Trinajstić information content (AvgIpc) is 2.96. The quantitative estimate of drug-likeness (QED) is 0.628. The van der Waals surface area contributed by atoms with E-state index in [1.807, 2.05) is 53.8 Å². The van der Waals surface area contributed by atoms with Crippen molar-refractivity contribution in [1.82, 2.24) is 24.6 Å². The maximum Gasteiger partial charge on any atom is 0.211 e. The van der Waals surface area contributed by atoms with Crippen molar-refractivity contribution in [3.8, 4) is 0 Å². The van der Waals surface area contributed by atoms with Gasteiger partial charge in [-0.15, -0.1) is 10.2 Å². The Balaban J connectivity index is 1.83. The van der Waals surface area contributed by atoms with Gasteiger partial charge < -0.3 is 5.32 Å². The monoisotopic (exact) mass is 290 g/mol. The molecule has 0 radical (unpaired) electrons. The van der Waals surface area contributed by atoms with Crippen LogP contribution in [0.3, 0.4) is 0 Å². The number of anilines is 1. The van der Waals surface area contributed by atoms with Crippen LogP contribution < -0.4 is 5.32 Å². The fraction of sp³-hybridized carbons (Fsp3) is 0.125. The minimum absolute atomic E-state index is 0.596. The SMILES string of the molecule is Cc1nnc2c3ccccc3nc(NCc3ccccn3)n12. The Morgan fingerprint density at radius 3 is 2.77 bits per heavy atom. The third kappa shape index (κ3) is 2.05. The maximum atomic E-state index is 4.70. The second-order valence-electron chi connectivity index (χ2n) is 5.03. The van der Waals surface area contributed by atoms with E-state index in [9.17, 15) is 0 Å². The van der Waals surface area contributed by atoms with E-state index in [2.05, 4.69) is 20.5 Å². The van der Waals surface area contributed by atoms with Gasteiger partial charge >= 0.3 is 0 Å². The van der Waals surface area contributed by atoms with Gasteiger partial charge in [0.25, 0.3) is 0 Å². The molecule has 0 aliphatic rings. The second kappa shape index (κ2) is 5.07. The van der Waals surface area contributed by atoms with E-state index in [1.54, 1.807) is 6.20 Å². The molecule has 0 aliphatic carbocycles. The molecular formula is C16H14N6. The first-order valence-electron chi connectivity index (χ1n) is 7.07. The van der Waals surface area contributed by atoms with Crippen molar-refractivity contribution in [3.63, 3.8) is 0 Å². The number of aryl methyl sites for hydroxylation is 1. The first-order valence-corrected chi connectivity index (χ1v) is 7.07. The van der Waals surface area contributed by atoms with E-state index in [-0.39, 0.29) is 0 Å². The van der Waals surface area contributed by atoms with Gasteiger partial charge in [-0.3, -0.25) is 4.98 Å². The van der Waals surface area contributed by atoms with E-state index in [0.717, 1.165) is 34.0 Å². The van der Waals surface area contributed by atoms with Crippen molar-refractivity contribution in [2.24, 2.45) is 0 Å². The Morgan fingerprint density at radius 1 is 1.05 bits per heavy atom. The Bertz CT molecular complexity index is 945. The minimum Gasteiger partial charge on any atom is -0.350 e. The van der Waals surface area contributed by atoms with Crippen LogP contribution in [0.4, 0.5) is 5.95 Å². The number of hydrogen-bond donors (Lipinski definition) is 1. The lowest BCUT2D eigenvalue weighted by Gasteiger charge is -2.10. The molecule has 108 valence electrons. The summed E-state index contributed by atoms with van der Waals surface area (Å²) in [6, 6.07) is 13.8. The number of nitrogens with zero attached hydrogens (tertiary/aromatic N) is 5.